The first-order valence-electron chi connectivity index (χ1n) is 8.71. The Morgan fingerprint density at radius 3 is 2.84 bits per heavy atom. The van der Waals surface area contributed by atoms with Gasteiger partial charge in [0.2, 0.25) is 0 Å². The lowest BCUT2D eigenvalue weighted by Gasteiger charge is -2.13. The van der Waals surface area contributed by atoms with Crippen LogP contribution in [0.25, 0.3) is 11.0 Å². The van der Waals surface area contributed by atoms with Crippen molar-refractivity contribution in [3.05, 3.63) is 52.0 Å². The molecule has 126 valence electrons. The van der Waals surface area contributed by atoms with E-state index < -0.39 is 0 Å². The Morgan fingerprint density at radius 1 is 1.16 bits per heavy atom. The van der Waals surface area contributed by atoms with Crippen LogP contribution >= 0.6 is 15.9 Å². The fourth-order valence-electron chi connectivity index (χ4n) is 4.29. The van der Waals surface area contributed by atoms with Gasteiger partial charge in [-0.05, 0) is 36.1 Å². The Labute approximate surface area is 153 Å². The molecule has 1 fully saturated rings. The van der Waals surface area contributed by atoms with E-state index in [0.29, 0.717) is 12.5 Å². The molecule has 1 aromatic carbocycles. The normalized spacial score (nSPS) is 20.5. The molecule has 0 aliphatic heterocycles. The topological polar surface area (TPSA) is 60.7 Å². The van der Waals surface area contributed by atoms with Crippen molar-refractivity contribution in [1.29, 1.82) is 0 Å². The molecule has 2 heterocycles. The van der Waals surface area contributed by atoms with Crippen LogP contribution in [0.5, 0.6) is 0 Å². The molecule has 2 aliphatic rings. The average Bonchev–Trinajstić information content (AvgIpc) is 3.31. The Morgan fingerprint density at radius 2 is 2.00 bits per heavy atom. The van der Waals surface area contributed by atoms with E-state index in [1.54, 1.807) is 6.33 Å². The van der Waals surface area contributed by atoms with Crippen molar-refractivity contribution in [1.82, 2.24) is 19.7 Å². The van der Waals surface area contributed by atoms with Crippen LogP contribution in [0.2, 0.25) is 0 Å². The third kappa shape index (κ3) is 2.34. The molecule has 0 radical (unpaired) electrons. The summed E-state index contributed by atoms with van der Waals surface area (Å²) >= 11 is 3.52. The number of carbonyl (C=O) groups excluding carboxylic acids is 1. The minimum Gasteiger partial charge on any atom is -0.298 e. The van der Waals surface area contributed by atoms with Crippen LogP contribution in [-0.2, 0) is 11.2 Å². The van der Waals surface area contributed by atoms with Gasteiger partial charge < -0.3 is 0 Å². The molecule has 6 heteroatoms. The molecular formula is C19H17BrN4O. The highest BCUT2D eigenvalue weighted by Crippen LogP contribution is 2.39. The van der Waals surface area contributed by atoms with E-state index in [9.17, 15) is 4.79 Å². The summed E-state index contributed by atoms with van der Waals surface area (Å²) in [5, 5.41) is 5.50. The van der Waals surface area contributed by atoms with Crippen molar-refractivity contribution in [3.63, 3.8) is 0 Å². The Kier molecular flexibility index (Phi) is 3.48. The lowest BCUT2D eigenvalue weighted by Crippen LogP contribution is -2.11. The number of hydrogen-bond donors (Lipinski definition) is 0. The fourth-order valence-corrected chi connectivity index (χ4v) is 4.66. The summed E-state index contributed by atoms with van der Waals surface area (Å²) in [6.45, 7) is 0. The number of aromatic nitrogens is 4. The summed E-state index contributed by atoms with van der Waals surface area (Å²) in [6, 6.07) is 6.47. The fraction of sp³-hybridized carbons (Fsp3) is 0.368. The number of fused-ring (bicyclic) bond motifs is 2. The number of rotatable bonds is 2. The number of nitrogens with zero attached hydrogens (tertiary/aromatic N) is 4. The molecule has 0 bridgehead atoms. The summed E-state index contributed by atoms with van der Waals surface area (Å²) < 4.78 is 3.02. The van der Waals surface area contributed by atoms with Crippen LogP contribution in [0.1, 0.15) is 54.5 Å². The highest BCUT2D eigenvalue weighted by molar-refractivity contribution is 9.10. The molecule has 1 atom stereocenters. The van der Waals surface area contributed by atoms with Gasteiger partial charge in [0.05, 0.1) is 29.2 Å². The standard InChI is InChI=1S/C19H17BrN4O/c20-12-6-5-11-7-16(25)17(14(11)8-12)18-15-9-23-24(13-3-1-2-4-13)19(15)22-10-21-18/h5-6,8-10,13,17H,1-4,7H2. The quantitative estimate of drug-likeness (QED) is 0.657. The summed E-state index contributed by atoms with van der Waals surface area (Å²) in [5.74, 6) is -0.124. The second kappa shape index (κ2) is 5.73. The Bertz CT molecular complexity index is 990. The first-order valence-corrected chi connectivity index (χ1v) is 9.51. The number of halogens is 1. The molecule has 0 N–H and O–H groups in total. The number of ketones is 1. The van der Waals surface area contributed by atoms with Crippen molar-refractivity contribution < 1.29 is 4.79 Å². The van der Waals surface area contributed by atoms with Gasteiger partial charge in [-0.2, -0.15) is 5.10 Å². The Balaban J connectivity index is 1.67. The maximum atomic E-state index is 12.7. The summed E-state index contributed by atoms with van der Waals surface area (Å²) in [4.78, 5) is 21.7. The molecule has 2 aromatic heterocycles. The van der Waals surface area contributed by atoms with E-state index in [2.05, 4.69) is 31.0 Å². The summed E-state index contributed by atoms with van der Waals surface area (Å²) in [6.07, 6.45) is 8.66. The number of hydrogen-bond acceptors (Lipinski definition) is 4. The van der Waals surface area contributed by atoms with E-state index in [0.717, 1.165) is 45.2 Å². The van der Waals surface area contributed by atoms with Crippen LogP contribution in [0.3, 0.4) is 0 Å². The van der Waals surface area contributed by atoms with Crippen molar-refractivity contribution >= 4 is 32.7 Å². The zero-order valence-electron chi connectivity index (χ0n) is 13.7. The van der Waals surface area contributed by atoms with Crippen LogP contribution in [0.15, 0.2) is 35.2 Å². The maximum absolute atomic E-state index is 12.7. The second-order valence-electron chi connectivity index (χ2n) is 6.94. The molecule has 1 saturated carbocycles. The molecule has 0 saturated heterocycles. The van der Waals surface area contributed by atoms with Gasteiger partial charge in [-0.25, -0.2) is 14.6 Å². The van der Waals surface area contributed by atoms with E-state index >= 15 is 0 Å². The number of Topliss-reactive ketones (excluding diaryl/α,β-unsaturated/α-hetero) is 1. The second-order valence-corrected chi connectivity index (χ2v) is 7.86. The number of benzene rings is 1. The van der Waals surface area contributed by atoms with E-state index in [1.807, 2.05) is 29.1 Å². The lowest BCUT2D eigenvalue weighted by atomic mass is 9.95. The first kappa shape index (κ1) is 15.2. The van der Waals surface area contributed by atoms with Gasteiger partial charge in [0, 0.05) is 10.9 Å². The monoisotopic (exact) mass is 396 g/mol. The van der Waals surface area contributed by atoms with Gasteiger partial charge in [0.15, 0.2) is 11.4 Å². The van der Waals surface area contributed by atoms with Gasteiger partial charge >= 0.3 is 0 Å². The van der Waals surface area contributed by atoms with Gasteiger partial charge in [-0.15, -0.1) is 0 Å². The molecule has 1 unspecified atom stereocenters. The number of carbonyl (C=O) groups is 1. The third-order valence-electron chi connectivity index (χ3n) is 5.47. The van der Waals surface area contributed by atoms with Crippen molar-refractivity contribution in [2.24, 2.45) is 0 Å². The van der Waals surface area contributed by atoms with Gasteiger partial charge in [0.1, 0.15) is 6.33 Å². The lowest BCUT2D eigenvalue weighted by molar-refractivity contribution is -0.118. The van der Waals surface area contributed by atoms with Crippen LogP contribution in [-0.4, -0.2) is 25.5 Å². The SMILES string of the molecule is O=C1Cc2ccc(Br)cc2C1c1ncnc2c1cnn2C1CCCC1. The van der Waals surface area contributed by atoms with Crippen LogP contribution < -0.4 is 0 Å². The molecule has 5 nitrogen and oxygen atoms in total. The highest BCUT2D eigenvalue weighted by Gasteiger charge is 2.35. The zero-order chi connectivity index (χ0) is 17.0. The molecule has 0 spiro atoms. The molecular weight excluding hydrogens is 380 g/mol. The molecule has 0 amide bonds. The molecule has 2 aliphatic carbocycles. The maximum Gasteiger partial charge on any atom is 0.161 e. The summed E-state index contributed by atoms with van der Waals surface area (Å²) in [7, 11) is 0. The van der Waals surface area contributed by atoms with Gasteiger partial charge in [-0.1, -0.05) is 34.8 Å². The van der Waals surface area contributed by atoms with E-state index in [1.165, 1.54) is 12.8 Å². The molecule has 5 rings (SSSR count). The smallest absolute Gasteiger partial charge is 0.161 e. The summed E-state index contributed by atoms with van der Waals surface area (Å²) in [5.41, 5.74) is 3.78. The highest BCUT2D eigenvalue weighted by atomic mass is 79.9. The zero-order valence-corrected chi connectivity index (χ0v) is 15.2. The largest absolute Gasteiger partial charge is 0.298 e. The molecule has 3 aromatic rings. The van der Waals surface area contributed by atoms with Crippen molar-refractivity contribution in [2.45, 2.75) is 44.1 Å². The molecule has 25 heavy (non-hydrogen) atoms. The van der Waals surface area contributed by atoms with Crippen LogP contribution in [0, 0.1) is 0 Å². The minimum atomic E-state index is -0.320. The first-order chi connectivity index (χ1) is 12.2. The van der Waals surface area contributed by atoms with Gasteiger partial charge in [-0.3, -0.25) is 4.79 Å². The van der Waals surface area contributed by atoms with E-state index in [-0.39, 0.29) is 11.7 Å². The van der Waals surface area contributed by atoms with E-state index in [4.69, 9.17) is 0 Å². The third-order valence-corrected chi connectivity index (χ3v) is 5.96. The van der Waals surface area contributed by atoms with Crippen molar-refractivity contribution in [3.8, 4) is 0 Å². The Hall–Kier alpha value is -2.08. The minimum absolute atomic E-state index is 0.196. The predicted molar refractivity (Wildman–Crippen MR) is 97.5 cm³/mol. The van der Waals surface area contributed by atoms with Crippen molar-refractivity contribution in [2.75, 3.05) is 0 Å². The van der Waals surface area contributed by atoms with Crippen LogP contribution in [0.4, 0.5) is 0 Å². The van der Waals surface area contributed by atoms with Gasteiger partial charge in [0.25, 0.3) is 0 Å². The predicted octanol–water partition coefficient (Wildman–Crippen LogP) is 3.96. The average molecular weight is 397 g/mol.